The van der Waals surface area contributed by atoms with E-state index in [0.717, 1.165) is 27.5 Å². The van der Waals surface area contributed by atoms with Gasteiger partial charge in [-0.2, -0.15) is 0 Å². The normalized spacial score (nSPS) is 13.6. The Kier molecular flexibility index (Phi) is 5.78. The topological polar surface area (TPSA) is 13.1 Å². The third-order valence-electron chi connectivity index (χ3n) is 12.1. The first kappa shape index (κ1) is 29.4. The summed E-state index contributed by atoms with van der Waals surface area (Å²) in [7, 11) is 0. The lowest BCUT2D eigenvalue weighted by Crippen LogP contribution is -2.14. The first-order valence-corrected chi connectivity index (χ1v) is 19.2. The molecule has 1 aliphatic rings. The van der Waals surface area contributed by atoms with Crippen LogP contribution in [0.5, 0.6) is 0 Å². The summed E-state index contributed by atoms with van der Waals surface area (Å²) in [5.74, 6) is 0. The fourth-order valence-corrected chi connectivity index (χ4v) is 10.9. The molecular formula is C51H32OS. The first-order valence-electron chi connectivity index (χ1n) is 18.4. The quantitative estimate of drug-likeness (QED) is 0.164. The Hall–Kier alpha value is -6.22. The maximum Gasteiger partial charge on any atom is 0.144 e. The van der Waals surface area contributed by atoms with Crippen LogP contribution >= 0.6 is 11.3 Å². The van der Waals surface area contributed by atoms with E-state index >= 15 is 0 Å². The SMILES string of the molecule is CC1(C)c2ccccc2-c2c(-c3c4ccccc4c(-c4ccc5c(c4)oc4c5ccc5sc6c7ccccc7ccc6c54)c4ccccc34)cccc21. The van der Waals surface area contributed by atoms with E-state index in [0.29, 0.717) is 0 Å². The van der Waals surface area contributed by atoms with Crippen LogP contribution in [-0.2, 0) is 5.41 Å². The van der Waals surface area contributed by atoms with Crippen molar-refractivity contribution in [3.05, 3.63) is 169 Å². The van der Waals surface area contributed by atoms with Crippen LogP contribution in [0, 0.1) is 0 Å². The number of furan rings is 1. The summed E-state index contributed by atoms with van der Waals surface area (Å²) in [5, 5.41) is 12.4. The Balaban J connectivity index is 1.12. The van der Waals surface area contributed by atoms with E-state index in [-0.39, 0.29) is 5.41 Å². The van der Waals surface area contributed by atoms with Crippen molar-refractivity contribution >= 4 is 85.8 Å². The zero-order valence-electron chi connectivity index (χ0n) is 29.3. The van der Waals surface area contributed by atoms with Gasteiger partial charge < -0.3 is 4.42 Å². The van der Waals surface area contributed by atoms with E-state index in [1.807, 2.05) is 11.3 Å². The van der Waals surface area contributed by atoms with Gasteiger partial charge >= 0.3 is 0 Å². The van der Waals surface area contributed by atoms with Gasteiger partial charge in [-0.15, -0.1) is 11.3 Å². The van der Waals surface area contributed by atoms with Crippen molar-refractivity contribution in [2.45, 2.75) is 19.3 Å². The second-order valence-corrected chi connectivity index (χ2v) is 16.2. The highest BCUT2D eigenvalue weighted by molar-refractivity contribution is 7.26. The van der Waals surface area contributed by atoms with Crippen molar-refractivity contribution in [1.82, 2.24) is 0 Å². The van der Waals surface area contributed by atoms with Gasteiger partial charge in [0.1, 0.15) is 11.2 Å². The minimum Gasteiger partial charge on any atom is -0.455 e. The molecule has 9 aromatic carbocycles. The van der Waals surface area contributed by atoms with Crippen LogP contribution in [0.3, 0.4) is 0 Å². The van der Waals surface area contributed by atoms with Gasteiger partial charge in [0.25, 0.3) is 0 Å². The molecule has 0 saturated heterocycles. The predicted molar refractivity (Wildman–Crippen MR) is 228 cm³/mol. The molecule has 0 amide bonds. The third-order valence-corrected chi connectivity index (χ3v) is 13.3. The van der Waals surface area contributed by atoms with Gasteiger partial charge in [-0.25, -0.2) is 0 Å². The molecule has 2 aromatic heterocycles. The van der Waals surface area contributed by atoms with Crippen LogP contribution in [0.2, 0.25) is 0 Å². The number of hydrogen-bond donors (Lipinski definition) is 0. The Bertz CT molecular complexity index is 3320. The van der Waals surface area contributed by atoms with Crippen LogP contribution < -0.4 is 0 Å². The maximum atomic E-state index is 6.93. The smallest absolute Gasteiger partial charge is 0.144 e. The van der Waals surface area contributed by atoms with Crippen LogP contribution in [0.1, 0.15) is 25.0 Å². The molecule has 2 heteroatoms. The van der Waals surface area contributed by atoms with Gasteiger partial charge in [0, 0.05) is 36.4 Å². The van der Waals surface area contributed by atoms with Crippen molar-refractivity contribution < 1.29 is 4.42 Å². The Labute approximate surface area is 310 Å². The molecule has 1 nitrogen and oxygen atoms in total. The van der Waals surface area contributed by atoms with E-state index in [9.17, 15) is 0 Å². The fraction of sp³-hybridized carbons (Fsp3) is 0.0588. The number of fused-ring (bicyclic) bond motifs is 14. The summed E-state index contributed by atoms with van der Waals surface area (Å²) in [6.45, 7) is 4.73. The zero-order chi connectivity index (χ0) is 35.0. The predicted octanol–water partition coefficient (Wildman–Crippen LogP) is 15.1. The highest BCUT2D eigenvalue weighted by atomic mass is 32.1. The van der Waals surface area contributed by atoms with Crippen LogP contribution in [0.25, 0.3) is 108 Å². The second-order valence-electron chi connectivity index (χ2n) is 15.1. The third kappa shape index (κ3) is 3.86. The molecule has 0 bridgehead atoms. The Morgan fingerprint density at radius 2 is 1.08 bits per heavy atom. The lowest BCUT2D eigenvalue weighted by Gasteiger charge is -2.22. The summed E-state index contributed by atoms with van der Waals surface area (Å²) in [5.41, 5.74) is 12.3. The van der Waals surface area contributed by atoms with Crippen molar-refractivity contribution in [2.24, 2.45) is 0 Å². The van der Waals surface area contributed by atoms with E-state index in [2.05, 4.69) is 172 Å². The minimum absolute atomic E-state index is 0.0653. The Morgan fingerprint density at radius 3 is 1.87 bits per heavy atom. The van der Waals surface area contributed by atoms with Crippen LogP contribution in [0.4, 0.5) is 0 Å². The van der Waals surface area contributed by atoms with Gasteiger partial charge in [-0.3, -0.25) is 0 Å². The lowest BCUT2D eigenvalue weighted by atomic mass is 9.80. The summed E-state index contributed by atoms with van der Waals surface area (Å²) in [4.78, 5) is 0. The number of benzene rings is 9. The van der Waals surface area contributed by atoms with Crippen LogP contribution in [-0.4, -0.2) is 0 Å². The fourth-order valence-electron chi connectivity index (χ4n) is 9.67. The Morgan fingerprint density at radius 1 is 0.453 bits per heavy atom. The zero-order valence-corrected chi connectivity index (χ0v) is 30.1. The average molecular weight is 693 g/mol. The summed E-state index contributed by atoms with van der Waals surface area (Å²) in [6.07, 6.45) is 0. The molecule has 0 saturated carbocycles. The standard InChI is InChI=1S/C51H32OS/c1-51(2)41-20-10-9-18-38(41)47-39(19-11-21-42(47)51)46-35-16-7-5-14-33(35)45(34-15-6-8-17-36(34)46)30-23-24-32-37-26-27-44-48(49(37)52-43(32)28-30)40-25-22-29-12-3-4-13-31(29)50(40)53-44/h3-28H,1-2H3. The lowest BCUT2D eigenvalue weighted by molar-refractivity contribution is 0.660. The highest BCUT2D eigenvalue weighted by Gasteiger charge is 2.37. The number of thiophene rings is 1. The molecule has 0 N–H and O–H groups in total. The van der Waals surface area contributed by atoms with Crippen molar-refractivity contribution in [3.8, 4) is 33.4 Å². The first-order chi connectivity index (χ1) is 26.1. The number of rotatable bonds is 2. The van der Waals surface area contributed by atoms with E-state index < -0.39 is 0 Å². The van der Waals surface area contributed by atoms with Crippen molar-refractivity contribution in [2.75, 3.05) is 0 Å². The molecule has 0 atom stereocenters. The van der Waals surface area contributed by atoms with Gasteiger partial charge in [-0.1, -0.05) is 147 Å². The van der Waals surface area contributed by atoms with Gasteiger partial charge in [-0.05, 0) is 101 Å². The summed E-state index contributed by atoms with van der Waals surface area (Å²) < 4.78 is 9.51. The molecule has 2 heterocycles. The monoisotopic (exact) mass is 692 g/mol. The molecule has 0 radical (unpaired) electrons. The van der Waals surface area contributed by atoms with E-state index in [4.69, 9.17) is 4.42 Å². The van der Waals surface area contributed by atoms with Crippen molar-refractivity contribution in [3.63, 3.8) is 0 Å². The molecule has 11 aromatic rings. The molecular weight excluding hydrogens is 661 g/mol. The van der Waals surface area contributed by atoms with Crippen molar-refractivity contribution in [1.29, 1.82) is 0 Å². The molecule has 0 unspecified atom stereocenters. The molecule has 0 fully saturated rings. The van der Waals surface area contributed by atoms with E-state index in [1.165, 1.54) is 91.4 Å². The molecule has 12 rings (SSSR count). The molecule has 0 aliphatic heterocycles. The molecule has 248 valence electrons. The minimum atomic E-state index is -0.0653. The second kappa shape index (κ2) is 10.4. The summed E-state index contributed by atoms with van der Waals surface area (Å²) >= 11 is 1.86. The maximum absolute atomic E-state index is 6.93. The molecule has 1 aliphatic carbocycles. The highest BCUT2D eigenvalue weighted by Crippen LogP contribution is 2.54. The van der Waals surface area contributed by atoms with Gasteiger partial charge in [0.05, 0.1) is 0 Å². The molecule has 0 spiro atoms. The summed E-state index contributed by atoms with van der Waals surface area (Å²) in [6, 6.07) is 58.4. The van der Waals surface area contributed by atoms with Gasteiger partial charge in [0.15, 0.2) is 0 Å². The molecule has 53 heavy (non-hydrogen) atoms. The van der Waals surface area contributed by atoms with E-state index in [1.54, 1.807) is 0 Å². The number of hydrogen-bond acceptors (Lipinski definition) is 2. The van der Waals surface area contributed by atoms with Gasteiger partial charge in [0.2, 0.25) is 0 Å². The van der Waals surface area contributed by atoms with Crippen LogP contribution in [0.15, 0.2) is 162 Å². The average Bonchev–Trinajstić information content (AvgIpc) is 3.84. The largest absolute Gasteiger partial charge is 0.455 e.